The van der Waals surface area contributed by atoms with E-state index >= 15 is 0 Å². The van der Waals surface area contributed by atoms with Crippen LogP contribution in [0.15, 0.2) is 12.1 Å². The lowest BCUT2D eigenvalue weighted by atomic mass is 9.95. The molecule has 2 saturated heterocycles. The van der Waals surface area contributed by atoms with Gasteiger partial charge >= 0.3 is 0 Å². The number of thiophene rings is 1. The second kappa shape index (κ2) is 8.71. The smallest absolute Gasteiger partial charge is 0.263 e. The van der Waals surface area contributed by atoms with Crippen molar-refractivity contribution in [1.29, 1.82) is 0 Å². The zero-order valence-electron chi connectivity index (χ0n) is 14.3. The van der Waals surface area contributed by atoms with E-state index in [2.05, 4.69) is 6.92 Å². The summed E-state index contributed by atoms with van der Waals surface area (Å²) in [5.74, 6) is 0.717. The summed E-state index contributed by atoms with van der Waals surface area (Å²) in [5, 5.41) is 0. The van der Waals surface area contributed by atoms with Crippen LogP contribution in [0.1, 0.15) is 35.9 Å². The molecule has 2 fully saturated rings. The fourth-order valence-corrected chi connectivity index (χ4v) is 4.78. The Bertz CT molecular complexity index is 617. The molecule has 0 bridgehead atoms. The highest BCUT2D eigenvalue weighted by molar-refractivity contribution is 7.17. The topological polar surface area (TPSA) is 66.6 Å². The van der Waals surface area contributed by atoms with Crippen LogP contribution in [0.3, 0.4) is 0 Å². The largest absolute Gasteiger partial charge is 0.339 e. The molecule has 2 N–H and O–H groups in total. The monoisotopic (exact) mass is 405 g/mol. The number of halogens is 2. The number of piperidine rings is 1. The molecular formula is C17H25Cl2N3O2S. The van der Waals surface area contributed by atoms with Gasteiger partial charge in [0.1, 0.15) is 0 Å². The molecule has 2 atom stereocenters. The van der Waals surface area contributed by atoms with E-state index in [1.165, 1.54) is 11.3 Å². The number of nitrogens with two attached hydrogens (primary N) is 1. The van der Waals surface area contributed by atoms with Crippen molar-refractivity contribution in [2.24, 2.45) is 17.6 Å². The summed E-state index contributed by atoms with van der Waals surface area (Å²) >= 11 is 7.21. The van der Waals surface area contributed by atoms with Crippen molar-refractivity contribution in [2.75, 3.05) is 26.2 Å². The molecule has 140 valence electrons. The lowest BCUT2D eigenvalue weighted by Gasteiger charge is -2.34. The molecule has 1 aromatic rings. The third-order valence-electron chi connectivity index (χ3n) is 5.19. The minimum absolute atomic E-state index is 0. The van der Waals surface area contributed by atoms with E-state index in [0.717, 1.165) is 25.8 Å². The van der Waals surface area contributed by atoms with Gasteiger partial charge in [0, 0.05) is 31.6 Å². The average Bonchev–Trinajstić information content (AvgIpc) is 3.19. The predicted octanol–water partition coefficient (Wildman–Crippen LogP) is 2.87. The van der Waals surface area contributed by atoms with Crippen LogP contribution in [-0.2, 0) is 4.79 Å². The molecule has 2 amide bonds. The van der Waals surface area contributed by atoms with Crippen molar-refractivity contribution < 1.29 is 9.59 Å². The van der Waals surface area contributed by atoms with Gasteiger partial charge in [-0.1, -0.05) is 11.6 Å². The van der Waals surface area contributed by atoms with Crippen LogP contribution in [0.25, 0.3) is 0 Å². The second-order valence-corrected chi connectivity index (χ2v) is 8.56. The maximum Gasteiger partial charge on any atom is 0.263 e. The standard InChI is InChI=1S/C17H24ClN3O2S.ClH/c1-11-8-12(9-19)10-21(11)16(22)13-4-6-20(7-5-13)17(23)14-2-3-15(18)24-14;/h2-3,11-13H,4-10,19H2,1H3;1H. The molecule has 0 spiro atoms. The molecule has 0 aliphatic carbocycles. The van der Waals surface area contributed by atoms with Gasteiger partial charge in [0.2, 0.25) is 5.91 Å². The number of nitrogens with zero attached hydrogens (tertiary/aromatic N) is 2. The van der Waals surface area contributed by atoms with Crippen molar-refractivity contribution in [3.05, 3.63) is 21.3 Å². The Balaban J connectivity index is 0.00000225. The maximum absolute atomic E-state index is 12.8. The molecule has 0 aromatic carbocycles. The van der Waals surface area contributed by atoms with E-state index in [1.807, 2.05) is 9.80 Å². The van der Waals surface area contributed by atoms with Gasteiger partial charge in [-0.05, 0) is 50.8 Å². The number of rotatable bonds is 3. The highest BCUT2D eigenvalue weighted by Gasteiger charge is 2.36. The minimum atomic E-state index is 0. The Kier molecular flexibility index (Phi) is 7.14. The first-order chi connectivity index (χ1) is 11.5. The highest BCUT2D eigenvalue weighted by atomic mass is 35.5. The summed E-state index contributed by atoms with van der Waals surface area (Å²) in [7, 11) is 0. The SMILES string of the molecule is CC1CC(CN)CN1C(=O)C1CCN(C(=O)c2ccc(Cl)s2)CC1.Cl. The number of carbonyl (C=O) groups is 2. The Hall–Kier alpha value is -0.820. The lowest BCUT2D eigenvalue weighted by molar-refractivity contribution is -0.137. The molecule has 1 aromatic heterocycles. The number of likely N-dealkylation sites (tertiary alicyclic amines) is 2. The molecule has 0 saturated carbocycles. The first-order valence-electron chi connectivity index (χ1n) is 8.54. The molecule has 8 heteroatoms. The van der Waals surface area contributed by atoms with Crippen LogP contribution in [0, 0.1) is 11.8 Å². The number of hydrogen-bond donors (Lipinski definition) is 1. The summed E-state index contributed by atoms with van der Waals surface area (Å²) in [6, 6.07) is 3.79. The van der Waals surface area contributed by atoms with E-state index in [4.69, 9.17) is 17.3 Å². The number of carbonyl (C=O) groups excluding carboxylic acids is 2. The van der Waals surface area contributed by atoms with Crippen LogP contribution in [0.4, 0.5) is 0 Å². The first kappa shape index (κ1) is 20.5. The fraction of sp³-hybridized carbons (Fsp3) is 0.647. The van der Waals surface area contributed by atoms with Crippen molar-refractivity contribution >= 4 is 47.2 Å². The second-order valence-electron chi connectivity index (χ2n) is 6.85. The van der Waals surface area contributed by atoms with Crippen LogP contribution >= 0.6 is 35.3 Å². The zero-order valence-corrected chi connectivity index (χ0v) is 16.7. The van der Waals surface area contributed by atoms with Crippen molar-refractivity contribution in [3.8, 4) is 0 Å². The average molecular weight is 406 g/mol. The van der Waals surface area contributed by atoms with Crippen LogP contribution in [-0.4, -0.2) is 53.8 Å². The molecule has 25 heavy (non-hydrogen) atoms. The summed E-state index contributed by atoms with van der Waals surface area (Å²) in [4.78, 5) is 29.7. The zero-order chi connectivity index (χ0) is 17.3. The predicted molar refractivity (Wildman–Crippen MR) is 104 cm³/mol. The Morgan fingerprint density at radius 2 is 2.00 bits per heavy atom. The van der Waals surface area contributed by atoms with E-state index in [1.54, 1.807) is 12.1 Å². The van der Waals surface area contributed by atoms with E-state index in [0.29, 0.717) is 34.8 Å². The first-order valence-corrected chi connectivity index (χ1v) is 9.74. The van der Waals surface area contributed by atoms with Gasteiger partial charge in [-0.25, -0.2) is 0 Å². The molecule has 2 unspecified atom stereocenters. The van der Waals surface area contributed by atoms with Crippen molar-refractivity contribution in [1.82, 2.24) is 9.80 Å². The molecule has 0 radical (unpaired) electrons. The van der Waals surface area contributed by atoms with E-state index in [-0.39, 0.29) is 36.2 Å². The van der Waals surface area contributed by atoms with Gasteiger partial charge in [0.15, 0.2) is 0 Å². The maximum atomic E-state index is 12.8. The van der Waals surface area contributed by atoms with Crippen LogP contribution < -0.4 is 5.73 Å². The summed E-state index contributed by atoms with van der Waals surface area (Å²) in [6.45, 7) is 4.79. The molecule has 2 aliphatic heterocycles. The van der Waals surface area contributed by atoms with Gasteiger partial charge in [0.25, 0.3) is 5.91 Å². The third kappa shape index (κ3) is 4.48. The molecular weight excluding hydrogens is 381 g/mol. The van der Waals surface area contributed by atoms with E-state index in [9.17, 15) is 9.59 Å². The van der Waals surface area contributed by atoms with Crippen molar-refractivity contribution in [3.63, 3.8) is 0 Å². The van der Waals surface area contributed by atoms with Gasteiger partial charge in [-0.2, -0.15) is 0 Å². The van der Waals surface area contributed by atoms with Crippen molar-refractivity contribution in [2.45, 2.75) is 32.2 Å². The minimum Gasteiger partial charge on any atom is -0.339 e. The number of amides is 2. The Morgan fingerprint density at radius 3 is 2.52 bits per heavy atom. The van der Waals surface area contributed by atoms with Crippen LogP contribution in [0.2, 0.25) is 4.34 Å². The number of hydrogen-bond acceptors (Lipinski definition) is 4. The third-order valence-corrected chi connectivity index (χ3v) is 6.41. The Labute approximate surface area is 163 Å². The molecule has 3 heterocycles. The van der Waals surface area contributed by atoms with Gasteiger partial charge in [-0.3, -0.25) is 9.59 Å². The van der Waals surface area contributed by atoms with Gasteiger partial charge in [-0.15, -0.1) is 23.7 Å². The quantitative estimate of drug-likeness (QED) is 0.840. The molecule has 3 rings (SSSR count). The van der Waals surface area contributed by atoms with Gasteiger partial charge in [0.05, 0.1) is 9.21 Å². The fourth-order valence-electron chi connectivity index (χ4n) is 3.77. The lowest BCUT2D eigenvalue weighted by Crippen LogP contribution is -2.45. The summed E-state index contributed by atoms with van der Waals surface area (Å²) in [5.41, 5.74) is 5.75. The molecule has 2 aliphatic rings. The van der Waals surface area contributed by atoms with Crippen LogP contribution in [0.5, 0.6) is 0 Å². The van der Waals surface area contributed by atoms with Gasteiger partial charge < -0.3 is 15.5 Å². The summed E-state index contributed by atoms with van der Waals surface area (Å²) < 4.78 is 0.626. The Morgan fingerprint density at radius 1 is 1.32 bits per heavy atom. The summed E-state index contributed by atoms with van der Waals surface area (Å²) in [6.07, 6.45) is 2.47. The highest BCUT2D eigenvalue weighted by Crippen LogP contribution is 2.29. The molecule has 5 nitrogen and oxygen atoms in total. The van der Waals surface area contributed by atoms with E-state index < -0.39 is 0 Å². The normalized spacial score (nSPS) is 24.3.